The van der Waals surface area contributed by atoms with Gasteiger partial charge >= 0.3 is 6.09 Å². The number of fused-ring (bicyclic) bond motifs is 1. The van der Waals surface area contributed by atoms with Crippen LogP contribution in [0.4, 0.5) is 16.3 Å². The second-order valence-electron chi connectivity index (χ2n) is 14.2. The van der Waals surface area contributed by atoms with E-state index in [9.17, 15) is 9.59 Å². The number of amides is 2. The number of carbonyl (C=O) groups is 2. The maximum atomic E-state index is 13.1. The Labute approximate surface area is 292 Å². The molecular weight excluding hydrogens is 634 g/mol. The summed E-state index contributed by atoms with van der Waals surface area (Å²) in [6.45, 7) is 7.09. The standard InChI is InChI=1S/C38H45N7O5/c1-38(2,3)50-37(47)44-18-17-32-31(23-44)36(41-29-15-13-25(14-16-29)27-21-39-45(22-27)34-12-4-5-19-48-34)43-35(42-32)26-8-6-11-30(20-26)49-24-33(46)40-28-9-7-10-28/h6,8,11,13-16,20-22,28,34H,4-5,7,9-10,12,17-19,23-24H2,1-3H3,(H,40,46)(H,41,42,43). The molecule has 12 heteroatoms. The van der Waals surface area contributed by atoms with Crippen molar-refractivity contribution in [2.75, 3.05) is 25.1 Å². The zero-order valence-electron chi connectivity index (χ0n) is 29.0. The van der Waals surface area contributed by atoms with Gasteiger partial charge in [0.15, 0.2) is 12.4 Å². The van der Waals surface area contributed by atoms with E-state index in [1.165, 1.54) is 0 Å². The topological polar surface area (TPSA) is 133 Å². The van der Waals surface area contributed by atoms with Crippen molar-refractivity contribution >= 4 is 23.5 Å². The number of anilines is 2. The molecule has 1 saturated heterocycles. The maximum absolute atomic E-state index is 13.1. The molecule has 2 fully saturated rings. The number of ether oxygens (including phenoxy) is 3. The highest BCUT2D eigenvalue weighted by Crippen LogP contribution is 2.32. The van der Waals surface area contributed by atoms with Gasteiger partial charge in [0, 0.05) is 54.2 Å². The van der Waals surface area contributed by atoms with Crippen LogP contribution in [-0.4, -0.2) is 68.1 Å². The lowest BCUT2D eigenvalue weighted by molar-refractivity contribution is -0.124. The molecule has 0 spiro atoms. The van der Waals surface area contributed by atoms with Crippen molar-refractivity contribution in [2.24, 2.45) is 0 Å². The van der Waals surface area contributed by atoms with Gasteiger partial charge in [-0.3, -0.25) is 4.79 Å². The number of rotatable bonds is 9. The highest BCUT2D eigenvalue weighted by molar-refractivity contribution is 5.78. The van der Waals surface area contributed by atoms with Crippen molar-refractivity contribution < 1.29 is 23.8 Å². The fourth-order valence-electron chi connectivity index (χ4n) is 6.28. The van der Waals surface area contributed by atoms with E-state index < -0.39 is 5.60 Å². The van der Waals surface area contributed by atoms with Gasteiger partial charge in [0.05, 0.1) is 18.4 Å². The minimum Gasteiger partial charge on any atom is -0.484 e. The van der Waals surface area contributed by atoms with Crippen LogP contribution in [0.3, 0.4) is 0 Å². The van der Waals surface area contributed by atoms with Crippen LogP contribution in [0, 0.1) is 0 Å². The van der Waals surface area contributed by atoms with E-state index in [1.807, 2.05) is 74.2 Å². The van der Waals surface area contributed by atoms with E-state index in [2.05, 4.69) is 27.9 Å². The van der Waals surface area contributed by atoms with Crippen LogP contribution in [0.2, 0.25) is 0 Å². The molecule has 4 aromatic rings. The molecule has 262 valence electrons. The van der Waals surface area contributed by atoms with Crippen LogP contribution in [0.5, 0.6) is 5.75 Å². The van der Waals surface area contributed by atoms with Crippen LogP contribution in [-0.2, 0) is 27.2 Å². The first-order valence-corrected chi connectivity index (χ1v) is 17.6. The number of nitrogens with one attached hydrogen (secondary N) is 2. The van der Waals surface area contributed by atoms with E-state index in [-0.39, 0.29) is 30.9 Å². The molecule has 12 nitrogen and oxygen atoms in total. The summed E-state index contributed by atoms with van der Waals surface area (Å²) in [6, 6.07) is 15.9. The van der Waals surface area contributed by atoms with Gasteiger partial charge in [-0.15, -0.1) is 0 Å². The van der Waals surface area contributed by atoms with Crippen molar-refractivity contribution in [1.29, 1.82) is 0 Å². The van der Waals surface area contributed by atoms with E-state index >= 15 is 0 Å². The second-order valence-corrected chi connectivity index (χ2v) is 14.2. The maximum Gasteiger partial charge on any atom is 0.410 e. The Morgan fingerprint density at radius 1 is 0.980 bits per heavy atom. The van der Waals surface area contributed by atoms with E-state index in [0.717, 1.165) is 78.8 Å². The minimum atomic E-state index is -0.606. The molecule has 2 N–H and O–H groups in total. The third kappa shape index (κ3) is 8.07. The molecule has 1 atom stereocenters. The molecule has 1 saturated carbocycles. The zero-order chi connectivity index (χ0) is 34.7. The fourth-order valence-corrected chi connectivity index (χ4v) is 6.28. The predicted molar refractivity (Wildman–Crippen MR) is 189 cm³/mol. The van der Waals surface area contributed by atoms with Crippen molar-refractivity contribution in [3.05, 3.63) is 72.2 Å². The van der Waals surface area contributed by atoms with Crippen molar-refractivity contribution in [1.82, 2.24) is 30.0 Å². The Bertz CT molecular complexity index is 1820. The summed E-state index contributed by atoms with van der Waals surface area (Å²) >= 11 is 0. The number of hydrogen-bond donors (Lipinski definition) is 2. The zero-order valence-corrected chi connectivity index (χ0v) is 29.0. The van der Waals surface area contributed by atoms with Crippen molar-refractivity contribution in [2.45, 2.75) is 90.1 Å². The van der Waals surface area contributed by atoms with Gasteiger partial charge in [0.1, 0.15) is 23.4 Å². The van der Waals surface area contributed by atoms with Crippen LogP contribution < -0.4 is 15.4 Å². The molecule has 1 unspecified atom stereocenters. The van der Waals surface area contributed by atoms with E-state index in [0.29, 0.717) is 36.9 Å². The van der Waals surface area contributed by atoms with Crippen molar-refractivity contribution in [3.63, 3.8) is 0 Å². The molecule has 2 aromatic carbocycles. The molecule has 4 heterocycles. The lowest BCUT2D eigenvalue weighted by Gasteiger charge is -2.31. The number of benzene rings is 2. The normalized spacial score (nSPS) is 17.7. The van der Waals surface area contributed by atoms with Gasteiger partial charge in [-0.25, -0.2) is 19.4 Å². The summed E-state index contributed by atoms with van der Waals surface area (Å²) in [5, 5.41) is 11.1. The number of hydrogen-bond acceptors (Lipinski definition) is 9. The molecule has 2 aliphatic heterocycles. The summed E-state index contributed by atoms with van der Waals surface area (Å²) in [4.78, 5) is 37.1. The summed E-state index contributed by atoms with van der Waals surface area (Å²) in [5.74, 6) is 1.58. The Kier molecular flexibility index (Phi) is 9.71. The SMILES string of the molecule is CC(C)(C)OC(=O)N1CCc2nc(-c3cccc(OCC(=O)NC4CCC4)c3)nc(Nc3ccc(-c4cnn(C5CCCCO5)c4)cc3)c2C1. The first kappa shape index (κ1) is 33.5. The van der Waals surface area contributed by atoms with Gasteiger partial charge in [-0.2, -0.15) is 5.10 Å². The summed E-state index contributed by atoms with van der Waals surface area (Å²) in [7, 11) is 0. The average Bonchev–Trinajstić information content (AvgIpc) is 3.59. The van der Waals surface area contributed by atoms with Crippen LogP contribution in [0.25, 0.3) is 22.5 Å². The molecule has 0 bridgehead atoms. The minimum absolute atomic E-state index is 0.0134. The molecule has 7 rings (SSSR count). The van der Waals surface area contributed by atoms with Gasteiger partial charge in [-0.1, -0.05) is 24.3 Å². The van der Waals surface area contributed by atoms with Crippen LogP contribution in [0.1, 0.15) is 76.8 Å². The monoisotopic (exact) mass is 679 g/mol. The Morgan fingerprint density at radius 3 is 2.56 bits per heavy atom. The third-order valence-corrected chi connectivity index (χ3v) is 9.18. The molecular formula is C38H45N7O5. The first-order chi connectivity index (χ1) is 24.2. The largest absolute Gasteiger partial charge is 0.484 e. The molecule has 3 aliphatic rings. The lowest BCUT2D eigenvalue weighted by atomic mass is 9.93. The summed E-state index contributed by atoms with van der Waals surface area (Å²) < 4.78 is 19.4. The highest BCUT2D eigenvalue weighted by atomic mass is 16.6. The highest BCUT2D eigenvalue weighted by Gasteiger charge is 2.29. The number of nitrogens with zero attached hydrogens (tertiary/aromatic N) is 5. The Morgan fingerprint density at radius 2 is 1.82 bits per heavy atom. The molecule has 0 radical (unpaired) electrons. The average molecular weight is 680 g/mol. The smallest absolute Gasteiger partial charge is 0.410 e. The van der Waals surface area contributed by atoms with Gasteiger partial charge in [0.25, 0.3) is 5.91 Å². The van der Waals surface area contributed by atoms with Gasteiger partial charge in [0.2, 0.25) is 0 Å². The molecule has 2 aromatic heterocycles. The second kappa shape index (κ2) is 14.5. The first-order valence-electron chi connectivity index (χ1n) is 17.6. The number of aromatic nitrogens is 4. The van der Waals surface area contributed by atoms with Gasteiger partial charge < -0.3 is 29.7 Å². The Balaban J connectivity index is 1.13. The van der Waals surface area contributed by atoms with Crippen LogP contribution >= 0.6 is 0 Å². The van der Waals surface area contributed by atoms with E-state index in [1.54, 1.807) is 4.90 Å². The quantitative estimate of drug-likeness (QED) is 0.196. The summed E-state index contributed by atoms with van der Waals surface area (Å²) in [5.41, 5.74) is 4.75. The Hall–Kier alpha value is -4.97. The van der Waals surface area contributed by atoms with Gasteiger partial charge in [-0.05, 0) is 89.1 Å². The van der Waals surface area contributed by atoms with Crippen LogP contribution in [0.15, 0.2) is 60.9 Å². The molecule has 50 heavy (non-hydrogen) atoms. The molecule has 2 amide bonds. The lowest BCUT2D eigenvalue weighted by Crippen LogP contribution is -2.41. The van der Waals surface area contributed by atoms with E-state index in [4.69, 9.17) is 24.2 Å². The fraction of sp³-hybridized carbons (Fsp3) is 0.447. The third-order valence-electron chi connectivity index (χ3n) is 9.18. The van der Waals surface area contributed by atoms with Crippen molar-refractivity contribution in [3.8, 4) is 28.3 Å². The summed E-state index contributed by atoms with van der Waals surface area (Å²) in [6.07, 6.45) is 10.5. The molecule has 1 aliphatic carbocycles. The number of carbonyl (C=O) groups excluding carboxylic acids is 2. The predicted octanol–water partition coefficient (Wildman–Crippen LogP) is 6.79.